The van der Waals surface area contributed by atoms with E-state index >= 15 is 0 Å². The number of ether oxygens (including phenoxy) is 1. The molecular formula is C14H20BrNO3. The Bertz CT molecular complexity index is 429. The Morgan fingerprint density at radius 3 is 2.63 bits per heavy atom. The van der Waals surface area contributed by atoms with E-state index in [9.17, 15) is 4.79 Å². The first-order chi connectivity index (χ1) is 8.81. The lowest BCUT2D eigenvalue weighted by molar-refractivity contribution is 0.0201. The smallest absolute Gasteiger partial charge is 0.410 e. The van der Waals surface area contributed by atoms with Gasteiger partial charge in [0.2, 0.25) is 0 Å². The van der Waals surface area contributed by atoms with Crippen molar-refractivity contribution in [2.75, 3.05) is 13.2 Å². The number of carbonyl (C=O) groups is 1. The average molecular weight is 330 g/mol. The molecule has 1 aromatic rings. The van der Waals surface area contributed by atoms with E-state index < -0.39 is 11.7 Å². The van der Waals surface area contributed by atoms with Crippen LogP contribution in [0.15, 0.2) is 28.7 Å². The highest BCUT2D eigenvalue weighted by Crippen LogP contribution is 2.15. The van der Waals surface area contributed by atoms with Gasteiger partial charge in [-0.05, 0) is 38.5 Å². The first-order valence-corrected chi connectivity index (χ1v) is 6.94. The van der Waals surface area contributed by atoms with Crippen molar-refractivity contribution < 1.29 is 14.6 Å². The predicted octanol–water partition coefficient (Wildman–Crippen LogP) is 3.18. The molecule has 0 atom stereocenters. The Balaban J connectivity index is 2.75. The highest BCUT2D eigenvalue weighted by atomic mass is 79.9. The van der Waals surface area contributed by atoms with Crippen molar-refractivity contribution >= 4 is 22.0 Å². The number of halogens is 1. The van der Waals surface area contributed by atoms with E-state index in [1.54, 1.807) is 0 Å². The number of nitrogens with zero attached hydrogens (tertiary/aromatic N) is 1. The van der Waals surface area contributed by atoms with Gasteiger partial charge in [0.05, 0.1) is 6.61 Å². The highest BCUT2D eigenvalue weighted by Gasteiger charge is 2.21. The molecule has 0 saturated heterocycles. The topological polar surface area (TPSA) is 49.8 Å². The number of benzene rings is 1. The van der Waals surface area contributed by atoms with Gasteiger partial charge in [-0.15, -0.1) is 0 Å². The van der Waals surface area contributed by atoms with Crippen molar-refractivity contribution in [3.63, 3.8) is 0 Å². The zero-order valence-electron chi connectivity index (χ0n) is 11.5. The molecule has 0 spiro atoms. The number of aliphatic hydroxyl groups is 1. The Morgan fingerprint density at radius 1 is 1.42 bits per heavy atom. The maximum absolute atomic E-state index is 12.0. The van der Waals surface area contributed by atoms with Crippen LogP contribution in [0.5, 0.6) is 0 Å². The Labute approximate surface area is 122 Å². The summed E-state index contributed by atoms with van der Waals surface area (Å²) in [6.45, 7) is 6.03. The van der Waals surface area contributed by atoms with Gasteiger partial charge in [0.25, 0.3) is 0 Å². The van der Waals surface area contributed by atoms with E-state index in [1.165, 1.54) is 4.90 Å². The quantitative estimate of drug-likeness (QED) is 0.922. The molecule has 1 aromatic carbocycles. The van der Waals surface area contributed by atoms with Crippen LogP contribution in [0.2, 0.25) is 0 Å². The maximum Gasteiger partial charge on any atom is 0.410 e. The summed E-state index contributed by atoms with van der Waals surface area (Å²) in [5.41, 5.74) is 0.441. The Hall–Kier alpha value is -1.07. The molecule has 19 heavy (non-hydrogen) atoms. The van der Waals surface area contributed by atoms with Crippen LogP contribution in [0.4, 0.5) is 4.79 Å². The van der Waals surface area contributed by atoms with E-state index in [4.69, 9.17) is 9.84 Å². The molecule has 0 aromatic heterocycles. The summed E-state index contributed by atoms with van der Waals surface area (Å²) in [5.74, 6) is 0. The van der Waals surface area contributed by atoms with Gasteiger partial charge in [0.15, 0.2) is 0 Å². The van der Waals surface area contributed by atoms with Gasteiger partial charge >= 0.3 is 6.09 Å². The molecule has 0 saturated carbocycles. The normalized spacial score (nSPS) is 11.2. The minimum absolute atomic E-state index is 0.0900. The molecule has 0 bridgehead atoms. The van der Waals surface area contributed by atoms with Gasteiger partial charge in [0, 0.05) is 17.6 Å². The van der Waals surface area contributed by atoms with Crippen molar-refractivity contribution in [2.24, 2.45) is 0 Å². The number of aliphatic hydroxyl groups excluding tert-OH is 1. The first-order valence-electron chi connectivity index (χ1n) is 6.15. The van der Waals surface area contributed by atoms with Gasteiger partial charge in [-0.3, -0.25) is 0 Å². The van der Waals surface area contributed by atoms with Gasteiger partial charge in [-0.25, -0.2) is 4.79 Å². The largest absolute Gasteiger partial charge is 0.444 e. The molecule has 0 unspecified atom stereocenters. The second-order valence-corrected chi connectivity index (χ2v) is 6.17. The van der Waals surface area contributed by atoms with Gasteiger partial charge in [-0.2, -0.15) is 0 Å². The van der Waals surface area contributed by atoms with E-state index in [0.717, 1.165) is 10.0 Å². The predicted molar refractivity (Wildman–Crippen MR) is 77.9 cm³/mol. The average Bonchev–Trinajstić information content (AvgIpc) is 2.26. The molecule has 0 heterocycles. The van der Waals surface area contributed by atoms with E-state index in [1.807, 2.05) is 45.0 Å². The van der Waals surface area contributed by atoms with Crippen molar-refractivity contribution in [1.29, 1.82) is 0 Å². The molecule has 0 aliphatic heterocycles. The number of amides is 1. The molecule has 0 aliphatic carbocycles. The van der Waals surface area contributed by atoms with Crippen LogP contribution in [0, 0.1) is 0 Å². The summed E-state index contributed by atoms with van der Waals surface area (Å²) >= 11 is 3.39. The van der Waals surface area contributed by atoms with Crippen LogP contribution in [0.3, 0.4) is 0 Å². The molecule has 0 aliphatic rings. The fourth-order valence-corrected chi connectivity index (χ4v) is 1.98. The van der Waals surface area contributed by atoms with E-state index in [2.05, 4.69) is 15.9 Å². The molecule has 1 amide bonds. The fourth-order valence-electron chi connectivity index (χ4n) is 1.54. The van der Waals surface area contributed by atoms with Gasteiger partial charge < -0.3 is 14.7 Å². The van der Waals surface area contributed by atoms with Crippen molar-refractivity contribution in [3.8, 4) is 0 Å². The lowest BCUT2D eigenvalue weighted by Crippen LogP contribution is -2.38. The van der Waals surface area contributed by atoms with Crippen LogP contribution in [0.1, 0.15) is 26.3 Å². The van der Waals surface area contributed by atoms with E-state index in [0.29, 0.717) is 6.54 Å². The number of hydrogen-bond donors (Lipinski definition) is 1. The summed E-state index contributed by atoms with van der Waals surface area (Å²) in [4.78, 5) is 13.5. The standard InChI is InChI=1S/C14H20BrNO3/c1-14(2,3)19-13(18)16(7-8-17)10-11-5-4-6-12(15)9-11/h4-6,9,17H,7-8,10H2,1-3H3. The van der Waals surface area contributed by atoms with Crippen molar-refractivity contribution in [1.82, 2.24) is 4.90 Å². The maximum atomic E-state index is 12.0. The molecular weight excluding hydrogens is 310 g/mol. The Morgan fingerprint density at radius 2 is 2.11 bits per heavy atom. The van der Waals surface area contributed by atoms with Gasteiger partial charge in [-0.1, -0.05) is 28.1 Å². The van der Waals surface area contributed by atoms with Crippen LogP contribution in [-0.4, -0.2) is 34.9 Å². The summed E-state index contributed by atoms with van der Waals surface area (Å²) in [5, 5.41) is 9.06. The third kappa shape index (κ3) is 6.07. The minimum atomic E-state index is -0.540. The van der Waals surface area contributed by atoms with Crippen LogP contribution in [-0.2, 0) is 11.3 Å². The number of hydrogen-bond acceptors (Lipinski definition) is 3. The first kappa shape index (κ1) is 16.0. The van der Waals surface area contributed by atoms with Crippen LogP contribution in [0.25, 0.3) is 0 Å². The molecule has 5 heteroatoms. The molecule has 4 nitrogen and oxygen atoms in total. The zero-order chi connectivity index (χ0) is 14.5. The molecule has 0 radical (unpaired) electrons. The third-order valence-corrected chi connectivity index (χ3v) is 2.78. The summed E-state index contributed by atoms with van der Waals surface area (Å²) in [6, 6.07) is 7.70. The lowest BCUT2D eigenvalue weighted by atomic mass is 10.2. The summed E-state index contributed by atoms with van der Waals surface area (Å²) in [7, 11) is 0. The number of rotatable bonds is 4. The molecule has 1 rings (SSSR count). The summed E-state index contributed by atoms with van der Waals surface area (Å²) in [6.07, 6.45) is -0.415. The highest BCUT2D eigenvalue weighted by molar-refractivity contribution is 9.10. The zero-order valence-corrected chi connectivity index (χ0v) is 13.1. The lowest BCUT2D eigenvalue weighted by Gasteiger charge is -2.27. The van der Waals surface area contributed by atoms with Crippen LogP contribution < -0.4 is 0 Å². The molecule has 106 valence electrons. The van der Waals surface area contributed by atoms with Crippen molar-refractivity contribution in [3.05, 3.63) is 34.3 Å². The second-order valence-electron chi connectivity index (χ2n) is 5.26. The van der Waals surface area contributed by atoms with Crippen molar-refractivity contribution in [2.45, 2.75) is 32.9 Å². The van der Waals surface area contributed by atoms with Crippen LogP contribution >= 0.6 is 15.9 Å². The molecule has 0 fully saturated rings. The van der Waals surface area contributed by atoms with Gasteiger partial charge in [0.1, 0.15) is 5.60 Å². The van der Waals surface area contributed by atoms with E-state index in [-0.39, 0.29) is 13.2 Å². The fraction of sp³-hybridized carbons (Fsp3) is 0.500. The third-order valence-electron chi connectivity index (χ3n) is 2.28. The SMILES string of the molecule is CC(C)(C)OC(=O)N(CCO)Cc1cccc(Br)c1. The summed E-state index contributed by atoms with van der Waals surface area (Å²) < 4.78 is 6.28. The number of carbonyl (C=O) groups excluding carboxylic acids is 1. The second kappa shape index (κ2) is 6.91. The Kier molecular flexibility index (Phi) is 5.82. The molecule has 1 N–H and O–H groups in total. The monoisotopic (exact) mass is 329 g/mol. The minimum Gasteiger partial charge on any atom is -0.444 e.